The number of halogens is 2. The molecule has 2 rings (SSSR count). The lowest BCUT2D eigenvalue weighted by Gasteiger charge is -2.48. The van der Waals surface area contributed by atoms with Gasteiger partial charge < -0.3 is 15.2 Å². The first-order valence-corrected chi connectivity index (χ1v) is 4.52. The second-order valence-corrected chi connectivity index (χ2v) is 3.60. The summed E-state index contributed by atoms with van der Waals surface area (Å²) < 4.78 is 5.39. The molecule has 86 valence electrons. The average molecular weight is 245 g/mol. The van der Waals surface area contributed by atoms with Crippen LogP contribution in [0.25, 0.3) is 0 Å². The molecular formula is C8H18Cl2N2O2. The minimum Gasteiger partial charge on any atom is -0.394 e. The van der Waals surface area contributed by atoms with Gasteiger partial charge in [-0.1, -0.05) is 0 Å². The molecule has 0 radical (unpaired) electrons. The molecule has 0 aliphatic carbocycles. The number of hydrogen-bond donors (Lipinski definition) is 2. The van der Waals surface area contributed by atoms with Gasteiger partial charge in [-0.2, -0.15) is 0 Å². The van der Waals surface area contributed by atoms with E-state index in [1.165, 1.54) is 0 Å². The summed E-state index contributed by atoms with van der Waals surface area (Å²) >= 11 is 0. The number of aliphatic hydroxyl groups is 1. The van der Waals surface area contributed by atoms with E-state index in [2.05, 4.69) is 10.2 Å². The highest BCUT2D eigenvalue weighted by Gasteiger charge is 2.40. The molecule has 0 bridgehead atoms. The van der Waals surface area contributed by atoms with Gasteiger partial charge in [-0.15, -0.1) is 24.8 Å². The Bertz CT molecular complexity index is 159. The van der Waals surface area contributed by atoms with Gasteiger partial charge in [-0.3, -0.25) is 4.90 Å². The number of nitrogens with zero attached hydrogens (tertiary/aromatic N) is 1. The van der Waals surface area contributed by atoms with Gasteiger partial charge in [-0.05, 0) is 0 Å². The molecule has 0 aromatic carbocycles. The van der Waals surface area contributed by atoms with Crippen LogP contribution in [0.15, 0.2) is 0 Å². The SMILES string of the molecule is Cl.Cl.OCC12CNCCN1CCOC2. The number of fused-ring (bicyclic) bond motifs is 1. The second-order valence-electron chi connectivity index (χ2n) is 3.60. The minimum absolute atomic E-state index is 0. The molecule has 1 unspecified atom stereocenters. The van der Waals surface area contributed by atoms with Gasteiger partial charge in [0, 0.05) is 26.2 Å². The molecule has 2 aliphatic heterocycles. The lowest BCUT2D eigenvalue weighted by atomic mass is 9.95. The van der Waals surface area contributed by atoms with E-state index in [0.717, 1.165) is 32.8 Å². The second kappa shape index (κ2) is 6.10. The van der Waals surface area contributed by atoms with Crippen molar-refractivity contribution in [3.8, 4) is 0 Å². The van der Waals surface area contributed by atoms with Crippen LogP contribution >= 0.6 is 24.8 Å². The molecule has 1 atom stereocenters. The number of nitrogens with one attached hydrogen (secondary N) is 1. The van der Waals surface area contributed by atoms with Crippen LogP contribution in [-0.2, 0) is 4.74 Å². The number of rotatable bonds is 1. The average Bonchev–Trinajstić information content (AvgIpc) is 2.18. The standard InChI is InChI=1S/C8H16N2O2.2ClH/c11-6-8-5-9-1-2-10(8)3-4-12-7-8;;/h9,11H,1-7H2;2*1H. The monoisotopic (exact) mass is 244 g/mol. The van der Waals surface area contributed by atoms with Gasteiger partial charge in [0.1, 0.15) is 0 Å². The topological polar surface area (TPSA) is 44.7 Å². The van der Waals surface area contributed by atoms with Crippen LogP contribution in [0.1, 0.15) is 0 Å². The molecule has 2 saturated heterocycles. The Morgan fingerprint density at radius 1 is 1.36 bits per heavy atom. The van der Waals surface area contributed by atoms with E-state index in [9.17, 15) is 5.11 Å². The van der Waals surface area contributed by atoms with Gasteiger partial charge >= 0.3 is 0 Å². The molecule has 0 amide bonds. The fourth-order valence-corrected chi connectivity index (χ4v) is 2.01. The molecule has 2 N–H and O–H groups in total. The van der Waals surface area contributed by atoms with Gasteiger partial charge in [-0.25, -0.2) is 0 Å². The van der Waals surface area contributed by atoms with Gasteiger partial charge in [0.15, 0.2) is 0 Å². The van der Waals surface area contributed by atoms with Crippen molar-refractivity contribution in [1.82, 2.24) is 10.2 Å². The first kappa shape index (κ1) is 14.4. The van der Waals surface area contributed by atoms with E-state index in [-0.39, 0.29) is 37.0 Å². The molecular weight excluding hydrogens is 227 g/mol. The van der Waals surface area contributed by atoms with E-state index in [0.29, 0.717) is 6.61 Å². The van der Waals surface area contributed by atoms with Gasteiger partial charge in [0.05, 0.1) is 25.4 Å². The Balaban J connectivity index is 0.000000845. The van der Waals surface area contributed by atoms with E-state index >= 15 is 0 Å². The van der Waals surface area contributed by atoms with Crippen molar-refractivity contribution >= 4 is 24.8 Å². The Morgan fingerprint density at radius 2 is 2.14 bits per heavy atom. The summed E-state index contributed by atoms with van der Waals surface area (Å²) in [7, 11) is 0. The predicted octanol–water partition coefficient (Wildman–Crippen LogP) is -0.503. The van der Waals surface area contributed by atoms with Crippen molar-refractivity contribution in [2.45, 2.75) is 5.54 Å². The van der Waals surface area contributed by atoms with Crippen LogP contribution < -0.4 is 5.32 Å². The van der Waals surface area contributed by atoms with Crippen LogP contribution in [0.3, 0.4) is 0 Å². The van der Waals surface area contributed by atoms with Crippen molar-refractivity contribution in [1.29, 1.82) is 0 Å². The van der Waals surface area contributed by atoms with Crippen molar-refractivity contribution in [2.75, 3.05) is 46.0 Å². The molecule has 2 fully saturated rings. The summed E-state index contributed by atoms with van der Waals surface area (Å²) in [5.74, 6) is 0. The molecule has 14 heavy (non-hydrogen) atoms. The van der Waals surface area contributed by atoms with Crippen LogP contribution in [-0.4, -0.2) is 61.5 Å². The number of hydrogen-bond acceptors (Lipinski definition) is 4. The Labute approximate surface area is 96.8 Å². The van der Waals surface area contributed by atoms with Crippen molar-refractivity contribution < 1.29 is 9.84 Å². The third-order valence-corrected chi connectivity index (χ3v) is 2.85. The highest BCUT2D eigenvalue weighted by atomic mass is 35.5. The molecule has 6 heteroatoms. The number of ether oxygens (including phenoxy) is 1. The van der Waals surface area contributed by atoms with E-state index in [1.54, 1.807) is 0 Å². The lowest BCUT2D eigenvalue weighted by Crippen LogP contribution is -2.68. The van der Waals surface area contributed by atoms with E-state index < -0.39 is 0 Å². The summed E-state index contributed by atoms with van der Waals surface area (Å²) in [5, 5.41) is 12.6. The summed E-state index contributed by atoms with van der Waals surface area (Å²) in [6, 6.07) is 0. The minimum atomic E-state index is -0.128. The maximum absolute atomic E-state index is 9.32. The third kappa shape index (κ3) is 2.51. The summed E-state index contributed by atoms with van der Waals surface area (Å²) in [6.45, 7) is 5.54. The summed E-state index contributed by atoms with van der Waals surface area (Å²) in [6.07, 6.45) is 0. The summed E-state index contributed by atoms with van der Waals surface area (Å²) in [5.41, 5.74) is -0.128. The summed E-state index contributed by atoms with van der Waals surface area (Å²) in [4.78, 5) is 2.34. The molecule has 4 nitrogen and oxygen atoms in total. The van der Waals surface area contributed by atoms with Crippen LogP contribution in [0.5, 0.6) is 0 Å². The van der Waals surface area contributed by atoms with E-state index in [4.69, 9.17) is 4.74 Å². The zero-order valence-electron chi connectivity index (χ0n) is 8.07. The smallest absolute Gasteiger partial charge is 0.0802 e. The van der Waals surface area contributed by atoms with Crippen LogP contribution in [0.4, 0.5) is 0 Å². The fraction of sp³-hybridized carbons (Fsp3) is 1.00. The fourth-order valence-electron chi connectivity index (χ4n) is 2.01. The van der Waals surface area contributed by atoms with Crippen LogP contribution in [0, 0.1) is 0 Å². The highest BCUT2D eigenvalue weighted by Crippen LogP contribution is 2.20. The molecule has 2 aliphatic rings. The zero-order chi connectivity index (χ0) is 8.44. The maximum atomic E-state index is 9.32. The largest absolute Gasteiger partial charge is 0.394 e. The van der Waals surface area contributed by atoms with Crippen molar-refractivity contribution in [3.63, 3.8) is 0 Å². The van der Waals surface area contributed by atoms with Gasteiger partial charge in [0.25, 0.3) is 0 Å². The normalized spacial score (nSPS) is 32.4. The van der Waals surface area contributed by atoms with Crippen molar-refractivity contribution in [2.24, 2.45) is 0 Å². The number of morpholine rings is 1. The Morgan fingerprint density at radius 3 is 2.79 bits per heavy atom. The quantitative estimate of drug-likeness (QED) is 0.653. The molecule has 0 saturated carbocycles. The first-order chi connectivity index (χ1) is 5.87. The number of piperazine rings is 1. The number of aliphatic hydroxyl groups excluding tert-OH is 1. The van der Waals surface area contributed by atoms with Crippen LogP contribution in [0.2, 0.25) is 0 Å². The molecule has 0 spiro atoms. The zero-order valence-corrected chi connectivity index (χ0v) is 9.70. The molecule has 0 aromatic heterocycles. The third-order valence-electron chi connectivity index (χ3n) is 2.85. The van der Waals surface area contributed by atoms with Gasteiger partial charge in [0.2, 0.25) is 0 Å². The van der Waals surface area contributed by atoms with Crippen molar-refractivity contribution in [3.05, 3.63) is 0 Å². The first-order valence-electron chi connectivity index (χ1n) is 4.52. The lowest BCUT2D eigenvalue weighted by molar-refractivity contribution is -0.100. The van der Waals surface area contributed by atoms with E-state index in [1.807, 2.05) is 0 Å². The molecule has 2 heterocycles. The maximum Gasteiger partial charge on any atom is 0.0802 e. The predicted molar refractivity (Wildman–Crippen MR) is 59.6 cm³/mol. The highest BCUT2D eigenvalue weighted by molar-refractivity contribution is 5.85. The molecule has 0 aromatic rings. The Hall–Kier alpha value is 0.420. The Kier molecular flexibility index (Phi) is 6.28.